The number of hydrogen-bond acceptors (Lipinski definition) is 5. The van der Waals surface area contributed by atoms with Crippen molar-refractivity contribution in [3.05, 3.63) is 71.0 Å². The van der Waals surface area contributed by atoms with Crippen molar-refractivity contribution in [3.63, 3.8) is 0 Å². The van der Waals surface area contributed by atoms with Crippen molar-refractivity contribution in [2.75, 3.05) is 19.5 Å². The molecule has 0 atom stereocenters. The topological polar surface area (TPSA) is 78.3 Å². The van der Waals surface area contributed by atoms with Crippen LogP contribution in [0.5, 0.6) is 11.5 Å². The van der Waals surface area contributed by atoms with Gasteiger partial charge in [-0.3, -0.25) is 4.79 Å². The molecular formula is C26H26N4O3. The Morgan fingerprint density at radius 3 is 2.45 bits per heavy atom. The maximum absolute atomic E-state index is 13.5. The van der Waals surface area contributed by atoms with Crippen molar-refractivity contribution in [3.8, 4) is 17.2 Å². The van der Waals surface area contributed by atoms with Crippen molar-refractivity contribution < 1.29 is 14.3 Å². The zero-order chi connectivity index (χ0) is 23.1. The van der Waals surface area contributed by atoms with E-state index in [0.29, 0.717) is 34.3 Å². The monoisotopic (exact) mass is 442 g/mol. The molecule has 0 unspecified atom stereocenters. The van der Waals surface area contributed by atoms with Gasteiger partial charge in [0.2, 0.25) is 0 Å². The van der Waals surface area contributed by atoms with E-state index < -0.39 is 0 Å². The summed E-state index contributed by atoms with van der Waals surface area (Å²) in [5.41, 5.74) is 5.62. The van der Waals surface area contributed by atoms with Gasteiger partial charge in [-0.25, -0.2) is 9.67 Å². The third-order valence-corrected chi connectivity index (χ3v) is 6.01. The number of aromatic nitrogens is 3. The molecule has 5 rings (SSSR count). The Balaban J connectivity index is 1.62. The van der Waals surface area contributed by atoms with Gasteiger partial charge in [0.1, 0.15) is 11.5 Å². The van der Waals surface area contributed by atoms with Crippen LogP contribution in [-0.2, 0) is 0 Å². The van der Waals surface area contributed by atoms with Crippen molar-refractivity contribution in [1.29, 1.82) is 0 Å². The number of carbonyl (C=O) groups is 1. The van der Waals surface area contributed by atoms with Crippen LogP contribution >= 0.6 is 0 Å². The number of nitrogens with one attached hydrogen (secondary N) is 1. The zero-order valence-corrected chi connectivity index (χ0v) is 19.2. The third-order valence-electron chi connectivity index (χ3n) is 6.01. The smallest absolute Gasteiger partial charge is 0.256 e. The second-order valence-electron chi connectivity index (χ2n) is 8.42. The molecule has 0 aliphatic heterocycles. The maximum atomic E-state index is 13.5. The van der Waals surface area contributed by atoms with Gasteiger partial charge >= 0.3 is 0 Å². The second kappa shape index (κ2) is 8.24. The fourth-order valence-electron chi connectivity index (χ4n) is 4.03. The van der Waals surface area contributed by atoms with Crippen LogP contribution < -0.4 is 14.8 Å². The maximum Gasteiger partial charge on any atom is 0.256 e. The number of fused-ring (bicyclic) bond motifs is 1. The second-order valence-corrected chi connectivity index (χ2v) is 8.42. The molecule has 2 aromatic heterocycles. The van der Waals surface area contributed by atoms with E-state index in [9.17, 15) is 4.79 Å². The number of hydrogen-bond donors (Lipinski definition) is 1. The zero-order valence-electron chi connectivity index (χ0n) is 19.2. The summed E-state index contributed by atoms with van der Waals surface area (Å²) in [5.74, 6) is 1.35. The summed E-state index contributed by atoms with van der Waals surface area (Å²) in [6.07, 6.45) is 2.17. The van der Waals surface area contributed by atoms with E-state index in [1.165, 1.54) is 5.56 Å². The first-order valence-corrected chi connectivity index (χ1v) is 11.0. The highest BCUT2D eigenvalue weighted by molar-refractivity contribution is 6.13. The van der Waals surface area contributed by atoms with Crippen LogP contribution in [0.1, 0.15) is 46.1 Å². The summed E-state index contributed by atoms with van der Waals surface area (Å²) < 4.78 is 12.6. The highest BCUT2D eigenvalue weighted by Gasteiger charge is 2.29. The van der Waals surface area contributed by atoms with E-state index in [0.717, 1.165) is 35.3 Å². The van der Waals surface area contributed by atoms with Crippen LogP contribution in [0.25, 0.3) is 16.7 Å². The Labute approximate surface area is 192 Å². The molecule has 1 fully saturated rings. The number of anilines is 1. The highest BCUT2D eigenvalue weighted by atomic mass is 16.5. The SMILES string of the molecule is COc1ccc(NC(=O)c2cc(C3CC3)nc3c2c(C)nn3-c2ccc(C)cc2)c(OC)c1. The number of rotatable bonds is 6. The molecule has 7 nitrogen and oxygen atoms in total. The van der Waals surface area contributed by atoms with E-state index in [1.54, 1.807) is 32.4 Å². The van der Waals surface area contributed by atoms with Crippen LogP contribution in [0.4, 0.5) is 5.69 Å². The minimum Gasteiger partial charge on any atom is -0.497 e. The van der Waals surface area contributed by atoms with E-state index in [-0.39, 0.29) is 5.91 Å². The molecule has 168 valence electrons. The summed E-state index contributed by atoms with van der Waals surface area (Å²) in [6, 6.07) is 15.4. The predicted molar refractivity (Wildman–Crippen MR) is 128 cm³/mol. The summed E-state index contributed by atoms with van der Waals surface area (Å²) in [5, 5.41) is 8.51. The minimum absolute atomic E-state index is 0.223. The molecule has 0 spiro atoms. The normalized spacial score (nSPS) is 13.2. The van der Waals surface area contributed by atoms with Crippen LogP contribution in [0, 0.1) is 13.8 Å². The summed E-state index contributed by atoms with van der Waals surface area (Å²) in [6.45, 7) is 3.96. The van der Waals surface area contributed by atoms with E-state index in [1.807, 2.05) is 41.9 Å². The molecular weight excluding hydrogens is 416 g/mol. The lowest BCUT2D eigenvalue weighted by atomic mass is 10.1. The molecule has 4 aromatic rings. The molecule has 1 saturated carbocycles. The lowest BCUT2D eigenvalue weighted by Gasteiger charge is -2.13. The Bertz CT molecular complexity index is 1350. The van der Waals surface area contributed by atoms with Gasteiger partial charge in [-0.05, 0) is 57.0 Å². The average Bonchev–Trinajstić information content (AvgIpc) is 3.63. The number of carbonyl (C=O) groups excluding carboxylic acids is 1. The van der Waals surface area contributed by atoms with Gasteiger partial charge in [-0.15, -0.1) is 0 Å². The van der Waals surface area contributed by atoms with Gasteiger partial charge in [0.25, 0.3) is 5.91 Å². The largest absolute Gasteiger partial charge is 0.497 e. The van der Waals surface area contributed by atoms with E-state index in [4.69, 9.17) is 19.6 Å². The van der Waals surface area contributed by atoms with Crippen LogP contribution in [0.15, 0.2) is 48.5 Å². The van der Waals surface area contributed by atoms with Gasteiger partial charge in [0.05, 0.1) is 42.2 Å². The standard InChI is InChI=1S/C26H26N4O3/c1-15-5-9-18(10-6-15)30-25-24(16(2)29-30)20(14-22(27-25)17-7-8-17)26(31)28-21-12-11-19(32-3)13-23(21)33-4/h5-6,9-14,17H,7-8H2,1-4H3,(H,28,31). The quantitative estimate of drug-likeness (QED) is 0.445. The molecule has 0 bridgehead atoms. The molecule has 0 saturated heterocycles. The lowest BCUT2D eigenvalue weighted by molar-refractivity contribution is 0.102. The molecule has 1 N–H and O–H groups in total. The lowest BCUT2D eigenvalue weighted by Crippen LogP contribution is -2.14. The van der Waals surface area contributed by atoms with Gasteiger partial charge in [-0.2, -0.15) is 5.10 Å². The molecule has 7 heteroatoms. The van der Waals surface area contributed by atoms with Gasteiger partial charge in [-0.1, -0.05) is 17.7 Å². The predicted octanol–water partition coefficient (Wildman–Crippen LogP) is 5.18. The Hall–Kier alpha value is -3.87. The van der Waals surface area contributed by atoms with Crippen LogP contribution in [-0.4, -0.2) is 34.9 Å². The summed E-state index contributed by atoms with van der Waals surface area (Å²) >= 11 is 0. The van der Waals surface area contributed by atoms with Crippen molar-refractivity contribution in [2.45, 2.75) is 32.6 Å². The third kappa shape index (κ3) is 3.91. The van der Waals surface area contributed by atoms with Crippen LogP contribution in [0.3, 0.4) is 0 Å². The van der Waals surface area contributed by atoms with Crippen molar-refractivity contribution in [1.82, 2.24) is 14.8 Å². The van der Waals surface area contributed by atoms with Crippen molar-refractivity contribution >= 4 is 22.6 Å². The molecule has 2 heterocycles. The molecule has 1 amide bonds. The minimum atomic E-state index is -0.223. The number of ether oxygens (including phenoxy) is 2. The summed E-state index contributed by atoms with van der Waals surface area (Å²) in [7, 11) is 3.16. The molecule has 1 aliphatic rings. The van der Waals surface area contributed by atoms with Gasteiger partial charge in [0, 0.05) is 17.7 Å². The first-order valence-electron chi connectivity index (χ1n) is 11.0. The molecule has 0 radical (unpaired) electrons. The number of pyridine rings is 1. The molecule has 33 heavy (non-hydrogen) atoms. The molecule has 1 aliphatic carbocycles. The van der Waals surface area contributed by atoms with Crippen LogP contribution in [0.2, 0.25) is 0 Å². The fourth-order valence-corrected chi connectivity index (χ4v) is 4.03. The molecule has 2 aromatic carbocycles. The Morgan fingerprint density at radius 1 is 1.03 bits per heavy atom. The van der Waals surface area contributed by atoms with Crippen molar-refractivity contribution in [2.24, 2.45) is 0 Å². The fraction of sp³-hybridized carbons (Fsp3) is 0.269. The van der Waals surface area contributed by atoms with E-state index in [2.05, 4.69) is 12.2 Å². The first kappa shape index (κ1) is 21.0. The summed E-state index contributed by atoms with van der Waals surface area (Å²) in [4.78, 5) is 18.5. The van der Waals surface area contributed by atoms with Gasteiger partial charge in [0.15, 0.2) is 5.65 Å². The number of aryl methyl sites for hydroxylation is 2. The Morgan fingerprint density at radius 2 is 1.79 bits per heavy atom. The number of nitrogens with zero attached hydrogens (tertiary/aromatic N) is 3. The number of benzene rings is 2. The van der Waals surface area contributed by atoms with E-state index >= 15 is 0 Å². The highest BCUT2D eigenvalue weighted by Crippen LogP contribution is 2.41. The van der Waals surface area contributed by atoms with Gasteiger partial charge < -0.3 is 14.8 Å². The Kier molecular flexibility index (Phi) is 5.24. The number of amides is 1. The average molecular weight is 443 g/mol. The number of methoxy groups -OCH3 is 2. The first-order chi connectivity index (χ1) is 16.0.